The molecule has 0 aliphatic carbocycles. The Labute approximate surface area is 202 Å². The molecular weight excluding hydrogens is 469 g/mol. The highest BCUT2D eigenvalue weighted by molar-refractivity contribution is 6.30. The Balaban J connectivity index is 1.53. The van der Waals surface area contributed by atoms with E-state index in [2.05, 4.69) is 4.98 Å². The quantitative estimate of drug-likeness (QED) is 0.615. The van der Waals surface area contributed by atoms with Crippen LogP contribution in [-0.2, 0) is 14.3 Å². The molecule has 0 spiro atoms. The van der Waals surface area contributed by atoms with Crippen molar-refractivity contribution in [3.05, 3.63) is 58.3 Å². The molecular formula is C23H25Cl2N3O5. The lowest BCUT2D eigenvalue weighted by Crippen LogP contribution is -2.58. The Kier molecular flexibility index (Phi) is 7.70. The first kappa shape index (κ1) is 23.8. The highest BCUT2D eigenvalue weighted by atomic mass is 35.5. The van der Waals surface area contributed by atoms with Gasteiger partial charge in [0.1, 0.15) is 23.7 Å². The third kappa shape index (κ3) is 6.14. The standard InChI is InChI=1S/C23H25Cl2N3O5/c24-17-2-1-3-19(12-17)32-16-23(13-21(29)27-6-9-31-10-7-27)15-28(8-11-33-23)22(30)20-5-4-18(25)14-26-20/h1-5,12,14H,6-11,13,15-16H2/t23-/m1/s1. The Morgan fingerprint density at radius 1 is 1.03 bits per heavy atom. The molecule has 0 unspecified atom stereocenters. The van der Waals surface area contributed by atoms with E-state index in [1.54, 1.807) is 46.2 Å². The fraction of sp³-hybridized carbons (Fsp3) is 0.435. The average Bonchev–Trinajstić information content (AvgIpc) is 2.84. The van der Waals surface area contributed by atoms with Gasteiger partial charge < -0.3 is 24.0 Å². The van der Waals surface area contributed by atoms with Crippen LogP contribution in [0.3, 0.4) is 0 Å². The van der Waals surface area contributed by atoms with Gasteiger partial charge in [-0.1, -0.05) is 29.3 Å². The minimum absolute atomic E-state index is 0.0630. The molecule has 2 aliphatic heterocycles. The van der Waals surface area contributed by atoms with Gasteiger partial charge in [0.15, 0.2) is 0 Å². The lowest BCUT2D eigenvalue weighted by atomic mass is 9.96. The summed E-state index contributed by atoms with van der Waals surface area (Å²) in [7, 11) is 0. The first-order chi connectivity index (χ1) is 15.9. The number of hydrogen-bond donors (Lipinski definition) is 0. The Morgan fingerprint density at radius 2 is 1.82 bits per heavy atom. The van der Waals surface area contributed by atoms with Crippen LogP contribution in [0, 0.1) is 0 Å². The average molecular weight is 494 g/mol. The van der Waals surface area contributed by atoms with E-state index in [-0.39, 0.29) is 43.7 Å². The second-order valence-electron chi connectivity index (χ2n) is 8.04. The summed E-state index contributed by atoms with van der Waals surface area (Å²) < 4.78 is 17.5. The summed E-state index contributed by atoms with van der Waals surface area (Å²) in [5.41, 5.74) is -0.733. The Hall–Kier alpha value is -2.39. The minimum Gasteiger partial charge on any atom is -0.490 e. The zero-order chi connectivity index (χ0) is 23.3. The topological polar surface area (TPSA) is 81.2 Å². The number of nitrogens with zero attached hydrogens (tertiary/aromatic N) is 3. The highest BCUT2D eigenvalue weighted by Gasteiger charge is 2.42. The van der Waals surface area contributed by atoms with Gasteiger partial charge in [0, 0.05) is 30.9 Å². The molecule has 1 aromatic carbocycles. The molecule has 2 amide bonds. The van der Waals surface area contributed by atoms with Gasteiger partial charge in [-0.25, -0.2) is 4.98 Å². The van der Waals surface area contributed by atoms with Crippen LogP contribution in [-0.4, -0.2) is 84.8 Å². The molecule has 2 aromatic rings. The summed E-state index contributed by atoms with van der Waals surface area (Å²) >= 11 is 12.0. The van der Waals surface area contributed by atoms with Crippen molar-refractivity contribution in [1.29, 1.82) is 0 Å². The summed E-state index contributed by atoms with van der Waals surface area (Å²) in [5, 5.41) is 0.995. The molecule has 33 heavy (non-hydrogen) atoms. The van der Waals surface area contributed by atoms with Crippen molar-refractivity contribution < 1.29 is 23.8 Å². The monoisotopic (exact) mass is 493 g/mol. The van der Waals surface area contributed by atoms with Crippen molar-refractivity contribution in [2.45, 2.75) is 12.0 Å². The molecule has 2 saturated heterocycles. The summed E-state index contributed by atoms with van der Waals surface area (Å²) in [5.74, 6) is 0.250. The van der Waals surface area contributed by atoms with Crippen molar-refractivity contribution in [2.24, 2.45) is 0 Å². The second kappa shape index (κ2) is 10.7. The normalized spacial score (nSPS) is 21.0. The zero-order valence-electron chi connectivity index (χ0n) is 18.0. The van der Waals surface area contributed by atoms with Crippen LogP contribution in [0.15, 0.2) is 42.6 Å². The second-order valence-corrected chi connectivity index (χ2v) is 8.91. The minimum atomic E-state index is -1.02. The number of aromatic nitrogens is 1. The molecule has 3 heterocycles. The van der Waals surface area contributed by atoms with Crippen LogP contribution in [0.4, 0.5) is 0 Å². The number of carbonyl (C=O) groups is 2. The van der Waals surface area contributed by atoms with Gasteiger partial charge in [0.05, 0.1) is 37.8 Å². The van der Waals surface area contributed by atoms with Crippen molar-refractivity contribution in [1.82, 2.24) is 14.8 Å². The number of halogens is 2. The Bertz CT molecular complexity index is 984. The van der Waals surface area contributed by atoms with Gasteiger partial charge in [-0.2, -0.15) is 0 Å². The number of amides is 2. The van der Waals surface area contributed by atoms with E-state index in [9.17, 15) is 9.59 Å². The number of carbonyl (C=O) groups excluding carboxylic acids is 2. The number of morpholine rings is 2. The van der Waals surface area contributed by atoms with Crippen LogP contribution in [0.25, 0.3) is 0 Å². The predicted molar refractivity (Wildman–Crippen MR) is 123 cm³/mol. The largest absolute Gasteiger partial charge is 0.490 e. The van der Waals surface area contributed by atoms with Crippen molar-refractivity contribution in [3.63, 3.8) is 0 Å². The Morgan fingerprint density at radius 3 is 2.55 bits per heavy atom. The van der Waals surface area contributed by atoms with Crippen LogP contribution in [0.5, 0.6) is 5.75 Å². The fourth-order valence-corrected chi connectivity index (χ4v) is 4.19. The van der Waals surface area contributed by atoms with E-state index in [1.165, 1.54) is 6.20 Å². The van der Waals surface area contributed by atoms with Gasteiger partial charge in [0.25, 0.3) is 5.91 Å². The molecule has 0 saturated carbocycles. The molecule has 0 radical (unpaired) electrons. The third-order valence-electron chi connectivity index (χ3n) is 5.62. The van der Waals surface area contributed by atoms with Gasteiger partial charge in [-0.3, -0.25) is 9.59 Å². The van der Waals surface area contributed by atoms with Crippen molar-refractivity contribution in [3.8, 4) is 5.75 Å². The summed E-state index contributed by atoms with van der Waals surface area (Å²) in [6, 6.07) is 10.2. The SMILES string of the molecule is O=C(C[C@]1(COc2cccc(Cl)c2)CN(C(=O)c2ccc(Cl)cn2)CCO1)N1CCOCC1. The third-order valence-corrected chi connectivity index (χ3v) is 6.08. The molecule has 176 valence electrons. The van der Waals surface area contributed by atoms with E-state index < -0.39 is 5.60 Å². The van der Waals surface area contributed by atoms with E-state index >= 15 is 0 Å². The summed E-state index contributed by atoms with van der Waals surface area (Å²) in [6.45, 7) is 3.00. The maximum Gasteiger partial charge on any atom is 0.272 e. The molecule has 0 N–H and O–H groups in total. The van der Waals surface area contributed by atoms with E-state index in [4.69, 9.17) is 37.4 Å². The number of rotatable bonds is 6. The molecule has 10 heteroatoms. The van der Waals surface area contributed by atoms with Crippen molar-refractivity contribution >= 4 is 35.0 Å². The van der Waals surface area contributed by atoms with Crippen molar-refractivity contribution in [2.75, 3.05) is 52.6 Å². The van der Waals surface area contributed by atoms with E-state index in [0.717, 1.165) is 0 Å². The lowest BCUT2D eigenvalue weighted by molar-refractivity contribution is -0.155. The lowest BCUT2D eigenvalue weighted by Gasteiger charge is -2.43. The molecule has 4 rings (SSSR count). The summed E-state index contributed by atoms with van der Waals surface area (Å²) in [6.07, 6.45) is 1.51. The van der Waals surface area contributed by atoms with Gasteiger partial charge in [-0.05, 0) is 30.3 Å². The smallest absolute Gasteiger partial charge is 0.272 e. The molecule has 8 nitrogen and oxygen atoms in total. The molecule has 2 fully saturated rings. The molecule has 1 atom stereocenters. The first-order valence-corrected chi connectivity index (χ1v) is 11.5. The van der Waals surface area contributed by atoms with Crippen LogP contribution in [0.2, 0.25) is 10.0 Å². The number of benzene rings is 1. The highest BCUT2D eigenvalue weighted by Crippen LogP contribution is 2.27. The van der Waals surface area contributed by atoms with Gasteiger partial charge >= 0.3 is 0 Å². The zero-order valence-corrected chi connectivity index (χ0v) is 19.6. The van der Waals surface area contributed by atoms with Crippen LogP contribution in [0.1, 0.15) is 16.9 Å². The van der Waals surface area contributed by atoms with E-state index in [0.29, 0.717) is 48.6 Å². The van der Waals surface area contributed by atoms with Crippen LogP contribution < -0.4 is 4.74 Å². The number of ether oxygens (including phenoxy) is 3. The number of hydrogen-bond acceptors (Lipinski definition) is 6. The summed E-state index contributed by atoms with van der Waals surface area (Å²) in [4.78, 5) is 33.7. The maximum absolute atomic E-state index is 13.1. The molecule has 0 bridgehead atoms. The predicted octanol–water partition coefficient (Wildman–Crippen LogP) is 2.93. The molecule has 2 aliphatic rings. The first-order valence-electron chi connectivity index (χ1n) is 10.7. The maximum atomic E-state index is 13.1. The molecule has 1 aromatic heterocycles. The number of pyridine rings is 1. The van der Waals surface area contributed by atoms with E-state index in [1.807, 2.05) is 0 Å². The van der Waals surface area contributed by atoms with Crippen LogP contribution >= 0.6 is 23.2 Å². The van der Waals surface area contributed by atoms with Gasteiger partial charge in [-0.15, -0.1) is 0 Å². The van der Waals surface area contributed by atoms with Gasteiger partial charge in [0.2, 0.25) is 5.91 Å². The fourth-order valence-electron chi connectivity index (χ4n) is 3.90.